The first-order valence-electron chi connectivity index (χ1n) is 9.73. The molecule has 0 unspecified atom stereocenters. The summed E-state index contributed by atoms with van der Waals surface area (Å²) in [5.41, 5.74) is 1.13. The van der Waals surface area contributed by atoms with Crippen LogP contribution in [0.15, 0.2) is 24.4 Å². The number of benzene rings is 1. The number of aromatic nitrogens is 3. The van der Waals surface area contributed by atoms with Gasteiger partial charge in [0.25, 0.3) is 0 Å². The summed E-state index contributed by atoms with van der Waals surface area (Å²) < 4.78 is 21.6. The SMILES string of the molecule is [C-]#[N+]CC1CCN(c2ccc(N3C[C@H](Cn4cc(C#N)nn4)OC3=O)cc2F)CC1. The molecule has 2 fully saturated rings. The van der Waals surface area contributed by atoms with Crippen LogP contribution in [0.2, 0.25) is 0 Å². The Bertz CT molecular complexity index is 1020. The van der Waals surface area contributed by atoms with Gasteiger partial charge in [-0.1, -0.05) is 5.21 Å². The van der Waals surface area contributed by atoms with Crippen molar-refractivity contribution in [2.24, 2.45) is 5.92 Å². The Kier molecular flexibility index (Phi) is 5.48. The third-order valence-corrected chi connectivity index (χ3v) is 5.47. The van der Waals surface area contributed by atoms with E-state index in [9.17, 15) is 9.18 Å². The quantitative estimate of drug-likeness (QED) is 0.705. The molecule has 2 aliphatic heterocycles. The number of anilines is 2. The van der Waals surface area contributed by atoms with Crippen molar-refractivity contribution in [3.63, 3.8) is 0 Å². The van der Waals surface area contributed by atoms with Gasteiger partial charge in [0.05, 0.1) is 30.7 Å². The van der Waals surface area contributed by atoms with Crippen LogP contribution in [-0.2, 0) is 11.3 Å². The lowest BCUT2D eigenvalue weighted by Gasteiger charge is -2.32. The normalized spacial score (nSPS) is 19.4. The Balaban J connectivity index is 1.41. The predicted molar refractivity (Wildman–Crippen MR) is 105 cm³/mol. The first-order chi connectivity index (χ1) is 14.6. The van der Waals surface area contributed by atoms with Crippen LogP contribution in [0.5, 0.6) is 0 Å². The molecule has 3 heterocycles. The number of carbonyl (C=O) groups excluding carboxylic acids is 1. The number of hydrogen-bond donors (Lipinski definition) is 0. The van der Waals surface area contributed by atoms with E-state index in [-0.39, 0.29) is 24.6 Å². The van der Waals surface area contributed by atoms with Crippen molar-refractivity contribution < 1.29 is 13.9 Å². The standard InChI is InChI=1S/C20H20FN7O2/c1-23-10-14-4-6-26(7-5-14)19-3-2-16(8-18(19)21)28-13-17(30-20(28)29)12-27-11-15(9-22)24-25-27/h2-3,8,11,14,17H,4-7,10,12-13H2/t17-/m0/s1. The number of rotatable bonds is 5. The third kappa shape index (κ3) is 4.03. The van der Waals surface area contributed by atoms with Gasteiger partial charge >= 0.3 is 6.09 Å². The van der Waals surface area contributed by atoms with Crippen molar-refractivity contribution in [3.8, 4) is 6.07 Å². The maximum Gasteiger partial charge on any atom is 0.414 e. The minimum atomic E-state index is -0.548. The number of nitrogens with zero attached hydrogens (tertiary/aromatic N) is 7. The van der Waals surface area contributed by atoms with E-state index < -0.39 is 12.2 Å². The Hall–Kier alpha value is -3.66. The van der Waals surface area contributed by atoms with Gasteiger partial charge in [-0.25, -0.2) is 20.4 Å². The molecule has 30 heavy (non-hydrogen) atoms. The van der Waals surface area contributed by atoms with Crippen LogP contribution in [0.4, 0.5) is 20.6 Å². The van der Waals surface area contributed by atoms with E-state index in [1.54, 1.807) is 12.1 Å². The maximum absolute atomic E-state index is 14.8. The summed E-state index contributed by atoms with van der Waals surface area (Å²) in [5.74, 6) is -0.00562. The molecule has 0 radical (unpaired) electrons. The minimum absolute atomic E-state index is 0.187. The van der Waals surface area contributed by atoms with Crippen LogP contribution in [0.1, 0.15) is 18.5 Å². The first kappa shape index (κ1) is 19.6. The molecular formula is C20H20FN7O2. The second kappa shape index (κ2) is 8.37. The molecular weight excluding hydrogens is 389 g/mol. The molecule has 0 aliphatic carbocycles. The Morgan fingerprint density at radius 3 is 2.83 bits per heavy atom. The van der Waals surface area contributed by atoms with Crippen molar-refractivity contribution in [1.29, 1.82) is 5.26 Å². The van der Waals surface area contributed by atoms with Gasteiger partial charge in [-0.05, 0) is 31.0 Å². The summed E-state index contributed by atoms with van der Waals surface area (Å²) in [6, 6.07) is 6.66. The van der Waals surface area contributed by atoms with Gasteiger partial charge in [0.15, 0.2) is 5.69 Å². The lowest BCUT2D eigenvalue weighted by Crippen LogP contribution is -2.35. The number of hydrogen-bond acceptors (Lipinski definition) is 6. The highest BCUT2D eigenvalue weighted by molar-refractivity contribution is 5.90. The smallest absolute Gasteiger partial charge is 0.414 e. The van der Waals surface area contributed by atoms with Gasteiger partial charge in [0, 0.05) is 19.0 Å². The minimum Gasteiger partial charge on any atom is -0.442 e. The number of carbonyl (C=O) groups is 1. The Morgan fingerprint density at radius 2 is 2.17 bits per heavy atom. The van der Waals surface area contributed by atoms with Crippen LogP contribution < -0.4 is 9.80 Å². The van der Waals surface area contributed by atoms with Gasteiger partial charge in [0.2, 0.25) is 6.54 Å². The van der Waals surface area contributed by atoms with Gasteiger partial charge in [0.1, 0.15) is 18.0 Å². The topological polar surface area (TPSA) is 91.6 Å². The fourth-order valence-corrected chi connectivity index (χ4v) is 3.88. The molecule has 0 bridgehead atoms. The summed E-state index contributed by atoms with van der Waals surface area (Å²) in [4.78, 5) is 19.1. The number of nitriles is 1. The van der Waals surface area contributed by atoms with Crippen LogP contribution in [0.3, 0.4) is 0 Å². The highest BCUT2D eigenvalue weighted by Gasteiger charge is 2.33. The van der Waals surface area contributed by atoms with Gasteiger partial charge < -0.3 is 14.5 Å². The molecule has 154 valence electrons. The number of cyclic esters (lactones) is 1. The zero-order valence-corrected chi connectivity index (χ0v) is 16.2. The molecule has 4 rings (SSSR count). The molecule has 9 nitrogen and oxygen atoms in total. The van der Waals surface area contributed by atoms with Gasteiger partial charge in [-0.15, -0.1) is 5.10 Å². The predicted octanol–water partition coefficient (Wildman–Crippen LogP) is 2.45. The van der Waals surface area contributed by atoms with E-state index in [2.05, 4.69) is 15.2 Å². The van der Waals surface area contributed by atoms with E-state index >= 15 is 0 Å². The molecule has 10 heteroatoms. The maximum atomic E-state index is 14.8. The van der Waals surface area contributed by atoms with E-state index in [4.69, 9.17) is 16.6 Å². The lowest BCUT2D eigenvalue weighted by atomic mass is 9.96. The number of halogens is 1. The van der Waals surface area contributed by atoms with E-state index in [1.165, 1.54) is 21.8 Å². The molecule has 2 aliphatic rings. The van der Waals surface area contributed by atoms with E-state index in [0.29, 0.717) is 36.9 Å². The van der Waals surface area contributed by atoms with Crippen LogP contribution in [0, 0.1) is 29.6 Å². The molecule has 1 aromatic heterocycles. The molecule has 1 atom stereocenters. The van der Waals surface area contributed by atoms with Gasteiger partial charge in [-0.2, -0.15) is 5.26 Å². The molecule has 0 saturated carbocycles. The van der Waals surface area contributed by atoms with Crippen LogP contribution in [0.25, 0.3) is 4.85 Å². The van der Waals surface area contributed by atoms with Crippen molar-refractivity contribution in [3.05, 3.63) is 47.3 Å². The van der Waals surface area contributed by atoms with Gasteiger partial charge in [-0.3, -0.25) is 4.90 Å². The van der Waals surface area contributed by atoms with E-state index in [1.807, 2.05) is 11.0 Å². The number of piperidine rings is 1. The summed E-state index contributed by atoms with van der Waals surface area (Å²) in [6.07, 6.45) is 2.20. The summed E-state index contributed by atoms with van der Waals surface area (Å²) in [6.45, 7) is 9.45. The molecule has 2 saturated heterocycles. The van der Waals surface area contributed by atoms with E-state index in [0.717, 1.165) is 12.8 Å². The third-order valence-electron chi connectivity index (χ3n) is 5.47. The monoisotopic (exact) mass is 409 g/mol. The van der Waals surface area contributed by atoms with Crippen molar-refractivity contribution >= 4 is 17.5 Å². The molecule has 0 N–H and O–H groups in total. The molecule has 2 aromatic rings. The first-order valence-corrected chi connectivity index (χ1v) is 9.73. The summed E-state index contributed by atoms with van der Waals surface area (Å²) in [7, 11) is 0. The Labute approximate surface area is 173 Å². The molecule has 1 aromatic carbocycles. The fourth-order valence-electron chi connectivity index (χ4n) is 3.88. The molecule has 1 amide bonds. The van der Waals surface area contributed by atoms with Crippen LogP contribution >= 0.6 is 0 Å². The Morgan fingerprint density at radius 1 is 1.37 bits per heavy atom. The summed E-state index contributed by atoms with van der Waals surface area (Å²) >= 11 is 0. The average molecular weight is 409 g/mol. The highest BCUT2D eigenvalue weighted by Crippen LogP contribution is 2.30. The second-order valence-corrected chi connectivity index (χ2v) is 7.46. The highest BCUT2D eigenvalue weighted by atomic mass is 19.1. The number of ether oxygens (including phenoxy) is 1. The second-order valence-electron chi connectivity index (χ2n) is 7.46. The van der Waals surface area contributed by atoms with Crippen molar-refractivity contribution in [2.45, 2.75) is 25.5 Å². The summed E-state index contributed by atoms with van der Waals surface area (Å²) in [5, 5.41) is 16.3. The lowest BCUT2D eigenvalue weighted by molar-refractivity contribution is 0.129. The largest absolute Gasteiger partial charge is 0.442 e. The fraction of sp³-hybridized carbons (Fsp3) is 0.450. The molecule has 0 spiro atoms. The average Bonchev–Trinajstić information content (AvgIpc) is 3.35. The van der Waals surface area contributed by atoms with Crippen molar-refractivity contribution in [2.75, 3.05) is 36.0 Å². The van der Waals surface area contributed by atoms with Crippen molar-refractivity contribution in [1.82, 2.24) is 15.0 Å². The zero-order valence-electron chi connectivity index (χ0n) is 16.2. The zero-order chi connectivity index (χ0) is 21.1. The van der Waals surface area contributed by atoms with Crippen LogP contribution in [-0.4, -0.2) is 53.4 Å². The number of amides is 1.